The Morgan fingerprint density at radius 3 is 2.70 bits per heavy atom. The van der Waals surface area contributed by atoms with E-state index in [1.54, 1.807) is 18.2 Å². The highest BCUT2D eigenvalue weighted by atomic mass is 35.5. The molecule has 0 amide bonds. The number of hydrogen-bond acceptors (Lipinski definition) is 3. The first-order valence-corrected chi connectivity index (χ1v) is 6.95. The number of nitrogens with one attached hydrogen (secondary N) is 1. The van der Waals surface area contributed by atoms with Crippen molar-refractivity contribution in [1.29, 1.82) is 5.26 Å². The Labute approximate surface area is 124 Å². The number of hydrogen-bond donors (Lipinski definition) is 2. The quantitative estimate of drug-likeness (QED) is 0.803. The maximum Gasteiger partial charge on any atom is 0.303 e. The van der Waals surface area contributed by atoms with Crippen LogP contribution in [-0.4, -0.2) is 17.6 Å². The number of benzene rings is 1. The van der Waals surface area contributed by atoms with Gasteiger partial charge in [-0.1, -0.05) is 25.4 Å². The predicted octanol–water partition coefficient (Wildman–Crippen LogP) is 3.76. The smallest absolute Gasteiger partial charge is 0.303 e. The molecule has 0 aliphatic carbocycles. The summed E-state index contributed by atoms with van der Waals surface area (Å²) < 4.78 is 0. The van der Waals surface area contributed by atoms with Gasteiger partial charge in [0.25, 0.3) is 0 Å². The van der Waals surface area contributed by atoms with Crippen LogP contribution < -0.4 is 5.32 Å². The number of aliphatic carboxylic acids is 1. The van der Waals surface area contributed by atoms with Gasteiger partial charge in [0.2, 0.25) is 0 Å². The molecule has 1 atom stereocenters. The van der Waals surface area contributed by atoms with E-state index in [0.717, 1.165) is 12.1 Å². The van der Waals surface area contributed by atoms with Crippen molar-refractivity contribution >= 4 is 23.3 Å². The van der Waals surface area contributed by atoms with E-state index in [1.165, 1.54) is 0 Å². The molecule has 4 nitrogen and oxygen atoms in total. The van der Waals surface area contributed by atoms with Gasteiger partial charge in [0, 0.05) is 13.0 Å². The minimum absolute atomic E-state index is 0.0548. The molecule has 0 bridgehead atoms. The van der Waals surface area contributed by atoms with Gasteiger partial charge in [-0.2, -0.15) is 5.26 Å². The third-order valence-electron chi connectivity index (χ3n) is 2.95. The lowest BCUT2D eigenvalue weighted by Crippen LogP contribution is -2.19. The minimum atomic E-state index is -0.789. The van der Waals surface area contributed by atoms with Crippen LogP contribution >= 0.6 is 11.6 Å². The van der Waals surface area contributed by atoms with Crippen molar-refractivity contribution in [3.8, 4) is 6.07 Å². The third-order valence-corrected chi connectivity index (χ3v) is 3.26. The van der Waals surface area contributed by atoms with Crippen molar-refractivity contribution in [3.63, 3.8) is 0 Å². The first-order chi connectivity index (χ1) is 9.42. The Balaban J connectivity index is 2.67. The molecule has 0 heterocycles. The minimum Gasteiger partial charge on any atom is -0.481 e. The van der Waals surface area contributed by atoms with E-state index in [9.17, 15) is 4.79 Å². The lowest BCUT2D eigenvalue weighted by atomic mass is 9.94. The molecule has 5 heteroatoms. The molecule has 108 valence electrons. The fourth-order valence-corrected chi connectivity index (χ4v) is 2.38. The van der Waals surface area contributed by atoms with Crippen LogP contribution in [0.25, 0.3) is 0 Å². The zero-order valence-electron chi connectivity index (χ0n) is 11.7. The van der Waals surface area contributed by atoms with E-state index >= 15 is 0 Å². The number of carboxylic acids is 1. The van der Waals surface area contributed by atoms with Gasteiger partial charge in [0.1, 0.15) is 0 Å². The number of carbonyl (C=O) groups is 1. The molecular weight excluding hydrogens is 276 g/mol. The summed E-state index contributed by atoms with van der Waals surface area (Å²) in [6.45, 7) is 4.70. The fourth-order valence-electron chi connectivity index (χ4n) is 2.13. The van der Waals surface area contributed by atoms with Crippen LogP contribution in [0.1, 0.15) is 32.3 Å². The average molecular weight is 295 g/mol. The Morgan fingerprint density at radius 1 is 1.50 bits per heavy atom. The Bertz CT molecular complexity index is 509. The largest absolute Gasteiger partial charge is 0.481 e. The number of nitrogens with zero attached hydrogens (tertiary/aromatic N) is 1. The molecule has 0 aliphatic heterocycles. The summed E-state index contributed by atoms with van der Waals surface area (Å²) in [6, 6.07) is 7.05. The highest BCUT2D eigenvalue weighted by Crippen LogP contribution is 2.24. The zero-order valence-corrected chi connectivity index (χ0v) is 12.4. The topological polar surface area (TPSA) is 73.1 Å². The van der Waals surface area contributed by atoms with Crippen LogP contribution in [-0.2, 0) is 4.79 Å². The van der Waals surface area contributed by atoms with Crippen molar-refractivity contribution < 1.29 is 9.90 Å². The molecule has 0 saturated carbocycles. The summed E-state index contributed by atoms with van der Waals surface area (Å²) in [7, 11) is 0. The number of halogens is 1. The molecule has 1 unspecified atom stereocenters. The molecule has 20 heavy (non-hydrogen) atoms. The molecule has 0 radical (unpaired) electrons. The van der Waals surface area contributed by atoms with Crippen LogP contribution in [0.3, 0.4) is 0 Å². The monoisotopic (exact) mass is 294 g/mol. The number of anilines is 1. The van der Waals surface area contributed by atoms with E-state index in [-0.39, 0.29) is 12.3 Å². The van der Waals surface area contributed by atoms with E-state index in [4.69, 9.17) is 22.0 Å². The molecule has 0 aromatic heterocycles. The van der Waals surface area contributed by atoms with Crippen molar-refractivity contribution in [2.75, 3.05) is 11.9 Å². The summed E-state index contributed by atoms with van der Waals surface area (Å²) in [4.78, 5) is 10.9. The van der Waals surface area contributed by atoms with Crippen molar-refractivity contribution in [1.82, 2.24) is 0 Å². The van der Waals surface area contributed by atoms with Gasteiger partial charge in [0.05, 0.1) is 22.3 Å². The molecule has 0 saturated heterocycles. The summed E-state index contributed by atoms with van der Waals surface area (Å²) in [6.07, 6.45) is 0.978. The van der Waals surface area contributed by atoms with Crippen LogP contribution in [0, 0.1) is 23.2 Å². The highest BCUT2D eigenvalue weighted by Gasteiger charge is 2.15. The fraction of sp³-hybridized carbons (Fsp3) is 0.467. The molecule has 1 aromatic carbocycles. The molecular formula is C15H19ClN2O2. The average Bonchev–Trinajstić information content (AvgIpc) is 2.35. The predicted molar refractivity (Wildman–Crippen MR) is 79.9 cm³/mol. The van der Waals surface area contributed by atoms with E-state index in [1.807, 2.05) is 6.07 Å². The summed E-state index contributed by atoms with van der Waals surface area (Å²) in [5, 5.41) is 21.3. The zero-order chi connectivity index (χ0) is 15.1. The molecule has 1 aromatic rings. The Morgan fingerprint density at radius 2 is 2.20 bits per heavy atom. The standard InChI is InChI=1S/C15H19ClN2O2/c1-10(2)5-12(7-15(19)20)9-18-14-4-3-11(8-17)6-13(14)16/h3-4,6,10,12,18H,5,7,9H2,1-2H3,(H,19,20). The number of rotatable bonds is 7. The number of carboxylic acid groups (broad SMARTS) is 1. The van der Waals surface area contributed by atoms with Crippen molar-refractivity contribution in [2.24, 2.45) is 11.8 Å². The molecule has 2 N–H and O–H groups in total. The molecule has 0 fully saturated rings. The van der Waals surface area contributed by atoms with Crippen LogP contribution in [0.5, 0.6) is 0 Å². The van der Waals surface area contributed by atoms with Crippen molar-refractivity contribution in [3.05, 3.63) is 28.8 Å². The van der Waals surface area contributed by atoms with Gasteiger partial charge in [-0.15, -0.1) is 0 Å². The molecule has 0 spiro atoms. The van der Waals surface area contributed by atoms with E-state index in [0.29, 0.717) is 23.0 Å². The summed E-state index contributed by atoms with van der Waals surface area (Å²) >= 11 is 6.07. The third kappa shape index (κ3) is 5.50. The van der Waals surface area contributed by atoms with E-state index in [2.05, 4.69) is 19.2 Å². The van der Waals surface area contributed by atoms with Crippen LogP contribution in [0.15, 0.2) is 18.2 Å². The Hall–Kier alpha value is -1.73. The first kappa shape index (κ1) is 16.3. The van der Waals surface area contributed by atoms with Crippen LogP contribution in [0.4, 0.5) is 5.69 Å². The summed E-state index contributed by atoms with van der Waals surface area (Å²) in [5.41, 5.74) is 1.23. The normalized spacial score (nSPS) is 11.9. The maximum absolute atomic E-state index is 10.9. The van der Waals surface area contributed by atoms with Gasteiger partial charge >= 0.3 is 5.97 Å². The van der Waals surface area contributed by atoms with Gasteiger partial charge in [-0.05, 0) is 36.5 Å². The van der Waals surface area contributed by atoms with Crippen LogP contribution in [0.2, 0.25) is 5.02 Å². The Kier molecular flexibility index (Phi) is 6.33. The second-order valence-corrected chi connectivity index (χ2v) is 5.69. The first-order valence-electron chi connectivity index (χ1n) is 6.57. The van der Waals surface area contributed by atoms with Gasteiger partial charge in [-0.25, -0.2) is 0 Å². The highest BCUT2D eigenvalue weighted by molar-refractivity contribution is 6.33. The second kappa shape index (κ2) is 7.76. The summed E-state index contributed by atoms with van der Waals surface area (Å²) in [5.74, 6) is -0.292. The lowest BCUT2D eigenvalue weighted by molar-refractivity contribution is -0.138. The van der Waals surface area contributed by atoms with E-state index < -0.39 is 5.97 Å². The second-order valence-electron chi connectivity index (χ2n) is 5.28. The van der Waals surface area contributed by atoms with Gasteiger partial charge in [0.15, 0.2) is 0 Å². The van der Waals surface area contributed by atoms with Gasteiger partial charge in [-0.3, -0.25) is 4.79 Å². The molecule has 0 aliphatic rings. The molecule has 1 rings (SSSR count). The van der Waals surface area contributed by atoms with Crippen molar-refractivity contribution in [2.45, 2.75) is 26.7 Å². The lowest BCUT2D eigenvalue weighted by Gasteiger charge is -2.19. The maximum atomic E-state index is 10.9. The van der Waals surface area contributed by atoms with Gasteiger partial charge < -0.3 is 10.4 Å². The number of nitriles is 1. The SMILES string of the molecule is CC(C)CC(CNc1ccc(C#N)cc1Cl)CC(=O)O.